The summed E-state index contributed by atoms with van der Waals surface area (Å²) in [5.74, 6) is 0.465. The van der Waals surface area contributed by atoms with E-state index in [4.69, 9.17) is 4.52 Å². The zero-order valence-electron chi connectivity index (χ0n) is 18.5. The molecule has 4 aromatic rings. The van der Waals surface area contributed by atoms with E-state index >= 15 is 0 Å². The van der Waals surface area contributed by atoms with Crippen LogP contribution in [0.15, 0.2) is 51.9 Å². The van der Waals surface area contributed by atoms with Gasteiger partial charge >= 0.3 is 0 Å². The predicted molar refractivity (Wildman–Crippen MR) is 120 cm³/mol. The van der Waals surface area contributed by atoms with Gasteiger partial charge in [-0.3, -0.25) is 0 Å². The summed E-state index contributed by atoms with van der Waals surface area (Å²) in [7, 11) is -3.76. The molecule has 2 heterocycles. The highest BCUT2D eigenvalue weighted by Crippen LogP contribution is 2.27. The second-order valence-corrected chi connectivity index (χ2v) is 9.84. The highest BCUT2D eigenvalue weighted by atomic mass is 32.2. The van der Waals surface area contributed by atoms with Crippen molar-refractivity contribution in [1.82, 2.24) is 29.9 Å². The molecular formula is C22H26N6O3S. The fraction of sp³-hybridized carbons (Fsp3) is 0.364. The van der Waals surface area contributed by atoms with E-state index in [0.717, 1.165) is 35.1 Å². The number of hydrogen-bond acceptors (Lipinski definition) is 7. The molecule has 0 saturated heterocycles. The molecule has 0 amide bonds. The van der Waals surface area contributed by atoms with Crippen LogP contribution in [0.2, 0.25) is 0 Å². The molecule has 0 spiro atoms. The average molecular weight is 455 g/mol. The molecule has 0 aliphatic rings. The van der Waals surface area contributed by atoms with Crippen molar-refractivity contribution >= 4 is 21.1 Å². The predicted octanol–water partition coefficient (Wildman–Crippen LogP) is 3.88. The van der Waals surface area contributed by atoms with E-state index in [1.165, 1.54) is 0 Å². The van der Waals surface area contributed by atoms with Gasteiger partial charge in [-0.05, 0) is 49.6 Å². The molecule has 9 nitrogen and oxygen atoms in total. The summed E-state index contributed by atoms with van der Waals surface area (Å²) in [4.78, 5) is 4.67. The second kappa shape index (κ2) is 8.79. The Morgan fingerprint density at radius 2 is 1.88 bits per heavy atom. The lowest BCUT2D eigenvalue weighted by Crippen LogP contribution is -2.32. The van der Waals surface area contributed by atoms with Crippen LogP contribution in [0.25, 0.3) is 22.4 Å². The third-order valence-electron chi connectivity index (χ3n) is 5.20. The van der Waals surface area contributed by atoms with Crippen LogP contribution in [0.1, 0.15) is 44.7 Å². The lowest BCUT2D eigenvalue weighted by Gasteiger charge is -2.18. The zero-order valence-corrected chi connectivity index (χ0v) is 19.3. The summed E-state index contributed by atoms with van der Waals surface area (Å²) in [5.41, 5.74) is 3.38. The minimum atomic E-state index is -3.76. The summed E-state index contributed by atoms with van der Waals surface area (Å²) in [6.45, 7) is 8.57. The first-order valence-corrected chi connectivity index (χ1v) is 12.0. The third-order valence-corrected chi connectivity index (χ3v) is 6.65. The van der Waals surface area contributed by atoms with Crippen molar-refractivity contribution in [3.63, 3.8) is 0 Å². The van der Waals surface area contributed by atoms with Crippen molar-refractivity contribution < 1.29 is 12.9 Å². The molecule has 4 rings (SSSR count). The van der Waals surface area contributed by atoms with Gasteiger partial charge in [-0.15, -0.1) is 5.10 Å². The van der Waals surface area contributed by atoms with Crippen molar-refractivity contribution in [2.45, 2.75) is 51.6 Å². The van der Waals surface area contributed by atoms with Crippen molar-refractivity contribution in [2.75, 3.05) is 0 Å². The Kier molecular flexibility index (Phi) is 6.07. The molecule has 0 fully saturated rings. The molecule has 0 bridgehead atoms. The lowest BCUT2D eigenvalue weighted by atomic mass is 10.1. The van der Waals surface area contributed by atoms with Crippen LogP contribution in [-0.4, -0.2) is 33.6 Å². The number of nitrogens with one attached hydrogen (secondary N) is 1. The normalized spacial score (nSPS) is 13.2. The Bertz CT molecular complexity index is 1330. The van der Waals surface area contributed by atoms with E-state index < -0.39 is 16.1 Å². The molecule has 32 heavy (non-hydrogen) atoms. The van der Waals surface area contributed by atoms with Crippen LogP contribution >= 0.6 is 0 Å². The monoisotopic (exact) mass is 454 g/mol. The Balaban J connectivity index is 1.61. The van der Waals surface area contributed by atoms with Crippen LogP contribution in [0.5, 0.6) is 0 Å². The summed E-state index contributed by atoms with van der Waals surface area (Å²) in [6, 6.07) is 11.7. The average Bonchev–Trinajstić information content (AvgIpc) is 3.40. The summed E-state index contributed by atoms with van der Waals surface area (Å²) < 4.78 is 35.8. The molecule has 168 valence electrons. The molecule has 2 aromatic carbocycles. The first-order chi connectivity index (χ1) is 15.3. The number of aromatic nitrogens is 5. The van der Waals surface area contributed by atoms with Gasteiger partial charge in [-0.2, -0.15) is 9.71 Å². The smallest absolute Gasteiger partial charge is 0.245 e. The minimum absolute atomic E-state index is 0.111. The van der Waals surface area contributed by atoms with Crippen molar-refractivity contribution in [2.24, 2.45) is 5.92 Å². The van der Waals surface area contributed by atoms with E-state index in [1.54, 1.807) is 24.3 Å². The largest absolute Gasteiger partial charge is 0.337 e. The quantitative estimate of drug-likeness (QED) is 0.429. The number of benzene rings is 2. The Morgan fingerprint density at radius 3 is 2.56 bits per heavy atom. The Hall–Kier alpha value is -3.11. The van der Waals surface area contributed by atoms with Gasteiger partial charge in [0.2, 0.25) is 21.7 Å². The molecule has 0 radical (unpaired) electrons. The Labute approximate surface area is 186 Å². The number of aryl methyl sites for hydroxylation is 2. The van der Waals surface area contributed by atoms with Gasteiger partial charge in [0.15, 0.2) is 0 Å². The van der Waals surface area contributed by atoms with Gasteiger partial charge in [0.05, 0.1) is 10.4 Å². The van der Waals surface area contributed by atoms with Crippen LogP contribution in [-0.2, 0) is 16.6 Å². The molecule has 0 aliphatic heterocycles. The van der Waals surface area contributed by atoms with Gasteiger partial charge in [-0.25, -0.2) is 13.1 Å². The topological polar surface area (TPSA) is 116 Å². The maximum absolute atomic E-state index is 12.9. The molecular weight excluding hydrogens is 428 g/mol. The van der Waals surface area contributed by atoms with Gasteiger partial charge in [0, 0.05) is 12.1 Å². The highest BCUT2D eigenvalue weighted by Gasteiger charge is 2.29. The van der Waals surface area contributed by atoms with Crippen LogP contribution < -0.4 is 4.72 Å². The molecule has 1 N–H and O–H groups in total. The number of rotatable bonds is 8. The standard InChI is InChI=1S/C22H26N6O3S/c1-5-12-28-19-11-8-16(13-18(19)24-27-28)21-23-22(31-25-21)20(14(2)3)26-32(29,30)17-9-6-15(4)7-10-17/h6-11,13-14,20,26H,5,12H2,1-4H3/t20-/m0/s1. The maximum Gasteiger partial charge on any atom is 0.245 e. The fourth-order valence-corrected chi connectivity index (χ4v) is 4.73. The van der Waals surface area contributed by atoms with Crippen molar-refractivity contribution in [3.05, 3.63) is 53.9 Å². The first-order valence-electron chi connectivity index (χ1n) is 10.5. The second-order valence-electron chi connectivity index (χ2n) is 8.13. The van der Waals surface area contributed by atoms with Crippen LogP contribution in [0.3, 0.4) is 0 Å². The number of sulfonamides is 1. The first kappa shape index (κ1) is 22.1. The van der Waals surface area contributed by atoms with E-state index in [0.29, 0.717) is 5.82 Å². The van der Waals surface area contributed by atoms with Crippen LogP contribution in [0, 0.1) is 12.8 Å². The maximum atomic E-state index is 12.9. The third kappa shape index (κ3) is 4.42. The molecule has 0 saturated carbocycles. The molecule has 2 aromatic heterocycles. The summed E-state index contributed by atoms with van der Waals surface area (Å²) in [5, 5.41) is 12.5. The van der Waals surface area contributed by atoms with Gasteiger partial charge < -0.3 is 4.52 Å². The molecule has 0 unspecified atom stereocenters. The van der Waals surface area contributed by atoms with E-state index in [1.807, 2.05) is 43.7 Å². The lowest BCUT2D eigenvalue weighted by molar-refractivity contribution is 0.311. The van der Waals surface area contributed by atoms with Crippen molar-refractivity contribution in [3.8, 4) is 11.4 Å². The van der Waals surface area contributed by atoms with E-state index in [-0.39, 0.29) is 16.7 Å². The number of nitrogens with zero attached hydrogens (tertiary/aromatic N) is 5. The van der Waals surface area contributed by atoms with E-state index in [2.05, 4.69) is 32.1 Å². The van der Waals surface area contributed by atoms with Gasteiger partial charge in [0.25, 0.3) is 0 Å². The fourth-order valence-electron chi connectivity index (χ4n) is 3.39. The summed E-state index contributed by atoms with van der Waals surface area (Å²) >= 11 is 0. The minimum Gasteiger partial charge on any atom is -0.337 e. The molecule has 0 aliphatic carbocycles. The van der Waals surface area contributed by atoms with Gasteiger partial charge in [0.1, 0.15) is 11.6 Å². The SMILES string of the molecule is CCCn1nnc2cc(-c3noc([C@@H](NS(=O)(=O)c4ccc(C)cc4)C(C)C)n3)ccc21. The molecule has 10 heteroatoms. The number of hydrogen-bond donors (Lipinski definition) is 1. The zero-order chi connectivity index (χ0) is 22.9. The van der Waals surface area contributed by atoms with Gasteiger partial charge in [-0.1, -0.05) is 48.8 Å². The van der Waals surface area contributed by atoms with Crippen molar-refractivity contribution in [1.29, 1.82) is 0 Å². The number of fused-ring (bicyclic) bond motifs is 1. The Morgan fingerprint density at radius 1 is 1.12 bits per heavy atom. The van der Waals surface area contributed by atoms with E-state index in [9.17, 15) is 8.42 Å². The highest BCUT2D eigenvalue weighted by molar-refractivity contribution is 7.89. The van der Waals surface area contributed by atoms with Crippen LogP contribution in [0.4, 0.5) is 0 Å². The molecule has 1 atom stereocenters. The summed E-state index contributed by atoms with van der Waals surface area (Å²) in [6.07, 6.45) is 0.962.